The predicted octanol–water partition coefficient (Wildman–Crippen LogP) is 10.7. The Balaban J connectivity index is 0.000000238. The molecule has 0 aliphatic carbocycles. The Morgan fingerprint density at radius 2 is 0.500 bits per heavy atom. The summed E-state index contributed by atoms with van der Waals surface area (Å²) >= 11 is 0. The van der Waals surface area contributed by atoms with Crippen molar-refractivity contribution in [2.24, 2.45) is 0 Å². The van der Waals surface area contributed by atoms with E-state index in [2.05, 4.69) is 97.1 Å². The third kappa shape index (κ3) is 8.27. The Morgan fingerprint density at radius 3 is 0.722 bits per heavy atom. The first-order chi connectivity index (χ1) is 34.0. The van der Waals surface area contributed by atoms with Crippen molar-refractivity contribution >= 4 is 51.2 Å². The molecular formula is C49H22BF20OP. The SMILES string of the molecule is Fc1c(F)c(F)c([B-](c2c(F)c(F)c(F)c(F)c2F)(c2c(F)c(F)c(F)c(F)c2F)c2c(F)c(F)c(F)c(F)c2F)c(F)c1F.Oc1cccc(C[P+](c2ccccc2)(c2ccccc2)c2ccccc2)c1. The minimum absolute atomic E-state index is 0.319. The molecule has 1 N–H and O–H groups in total. The quantitative estimate of drug-likeness (QED) is 0.0502. The molecule has 0 radical (unpaired) electrons. The van der Waals surface area contributed by atoms with E-state index in [0.29, 0.717) is 5.75 Å². The molecule has 0 bridgehead atoms. The second kappa shape index (κ2) is 20.0. The Labute approximate surface area is 392 Å². The van der Waals surface area contributed by atoms with Crippen LogP contribution in [0.15, 0.2) is 115 Å². The molecule has 0 aromatic heterocycles. The molecule has 0 atom stereocenters. The number of phenolic OH excluding ortho intramolecular Hbond substituents is 1. The molecule has 0 saturated carbocycles. The number of hydrogen-bond acceptors (Lipinski definition) is 1. The van der Waals surface area contributed by atoms with Gasteiger partial charge in [-0.2, -0.15) is 0 Å². The van der Waals surface area contributed by atoms with Gasteiger partial charge in [-0.1, -0.05) is 66.7 Å². The summed E-state index contributed by atoms with van der Waals surface area (Å²) in [5.74, 6) is -71.1. The number of benzene rings is 8. The third-order valence-electron chi connectivity index (χ3n) is 11.6. The van der Waals surface area contributed by atoms with Crippen LogP contribution in [0.5, 0.6) is 5.75 Å². The summed E-state index contributed by atoms with van der Waals surface area (Å²) in [4.78, 5) is 0. The van der Waals surface area contributed by atoms with Crippen LogP contribution in [0.3, 0.4) is 0 Å². The van der Waals surface area contributed by atoms with E-state index in [0.717, 1.165) is 11.7 Å². The molecule has 0 unspecified atom stereocenters. The highest BCUT2D eigenvalue weighted by Crippen LogP contribution is 2.58. The fourth-order valence-electron chi connectivity index (χ4n) is 8.57. The van der Waals surface area contributed by atoms with Crippen LogP contribution in [-0.4, -0.2) is 11.3 Å². The summed E-state index contributed by atoms with van der Waals surface area (Å²) in [6, 6.07) is 40.1. The van der Waals surface area contributed by atoms with Gasteiger partial charge in [-0.15, -0.1) is 21.9 Å². The third-order valence-corrected chi connectivity index (χ3v) is 16.0. The number of hydrogen-bond donors (Lipinski definition) is 1. The molecule has 8 rings (SSSR count). The molecule has 8 aromatic rings. The first kappa shape index (κ1) is 52.5. The van der Waals surface area contributed by atoms with Crippen LogP contribution in [0.4, 0.5) is 87.8 Å². The number of aromatic hydroxyl groups is 1. The molecule has 0 spiro atoms. The van der Waals surface area contributed by atoms with E-state index in [1.54, 1.807) is 6.07 Å². The second-order valence-corrected chi connectivity index (χ2v) is 18.9. The van der Waals surface area contributed by atoms with E-state index < -0.39 is 152 Å². The van der Waals surface area contributed by atoms with Gasteiger partial charge in [0.05, 0.1) is 6.16 Å². The summed E-state index contributed by atoms with van der Waals surface area (Å²) in [5, 5.41) is 14.1. The van der Waals surface area contributed by atoms with Crippen molar-refractivity contribution in [3.05, 3.63) is 237 Å². The van der Waals surface area contributed by atoms with Crippen molar-refractivity contribution in [1.29, 1.82) is 0 Å². The fourth-order valence-corrected chi connectivity index (χ4v) is 12.8. The maximum atomic E-state index is 15.4. The molecule has 0 aliphatic heterocycles. The van der Waals surface area contributed by atoms with Crippen LogP contribution in [0.2, 0.25) is 0 Å². The summed E-state index contributed by atoms with van der Waals surface area (Å²) in [6.45, 7) is 0. The Kier molecular flexibility index (Phi) is 14.6. The van der Waals surface area contributed by atoms with Gasteiger partial charge in [0.25, 0.3) is 0 Å². The van der Waals surface area contributed by atoms with E-state index >= 15 is 35.1 Å². The summed E-state index contributed by atoms with van der Waals surface area (Å²) in [7, 11) is -1.91. The average Bonchev–Trinajstić information content (AvgIpc) is 3.38. The Hall–Kier alpha value is -7.35. The molecular weight excluding hydrogens is 1030 g/mol. The van der Waals surface area contributed by atoms with Gasteiger partial charge in [-0.25, -0.2) is 87.8 Å². The van der Waals surface area contributed by atoms with Crippen LogP contribution in [-0.2, 0) is 6.16 Å². The number of phenols is 1. The molecule has 0 heterocycles. The second-order valence-electron chi connectivity index (χ2n) is 15.4. The van der Waals surface area contributed by atoms with Gasteiger partial charge in [-0.05, 0) is 54.1 Å². The molecule has 72 heavy (non-hydrogen) atoms. The first-order valence-electron chi connectivity index (χ1n) is 20.1. The zero-order chi connectivity index (χ0) is 52.9. The molecule has 1 nitrogen and oxygen atoms in total. The lowest BCUT2D eigenvalue weighted by molar-refractivity contribution is 0.378. The van der Waals surface area contributed by atoms with E-state index in [1.807, 2.05) is 12.1 Å². The van der Waals surface area contributed by atoms with Crippen molar-refractivity contribution < 1.29 is 92.9 Å². The van der Waals surface area contributed by atoms with Gasteiger partial charge in [0, 0.05) is 0 Å². The lowest BCUT2D eigenvalue weighted by Gasteiger charge is -2.44. The maximum Gasteiger partial charge on any atom is 0.200 e. The molecule has 372 valence electrons. The van der Waals surface area contributed by atoms with E-state index in [4.69, 9.17) is 0 Å². The van der Waals surface area contributed by atoms with Crippen molar-refractivity contribution in [2.45, 2.75) is 6.16 Å². The number of halogens is 20. The molecule has 8 aromatic carbocycles. The van der Waals surface area contributed by atoms with Gasteiger partial charge in [0.2, 0.25) is 0 Å². The Bertz CT molecular complexity index is 2920. The van der Waals surface area contributed by atoms with Crippen LogP contribution in [0, 0.1) is 116 Å². The van der Waals surface area contributed by atoms with Gasteiger partial charge < -0.3 is 5.11 Å². The van der Waals surface area contributed by atoms with E-state index in [9.17, 15) is 57.8 Å². The minimum atomic E-state index is -7.22. The topological polar surface area (TPSA) is 20.2 Å². The van der Waals surface area contributed by atoms with E-state index in [-0.39, 0.29) is 0 Å². The molecule has 0 saturated heterocycles. The zero-order valence-electron chi connectivity index (χ0n) is 35.2. The van der Waals surface area contributed by atoms with Crippen molar-refractivity contribution in [2.75, 3.05) is 0 Å². The lowest BCUT2D eigenvalue weighted by Crippen LogP contribution is -2.81. The van der Waals surface area contributed by atoms with Gasteiger partial charge >= 0.3 is 0 Å². The van der Waals surface area contributed by atoms with Gasteiger partial charge in [-0.3, -0.25) is 0 Å². The highest BCUT2D eigenvalue weighted by Gasteiger charge is 2.52. The Morgan fingerprint density at radius 1 is 0.278 bits per heavy atom. The molecule has 0 fully saturated rings. The largest absolute Gasteiger partial charge is 0.508 e. The van der Waals surface area contributed by atoms with Crippen LogP contribution in [0.25, 0.3) is 0 Å². The van der Waals surface area contributed by atoms with Crippen molar-refractivity contribution in [3.8, 4) is 5.75 Å². The summed E-state index contributed by atoms with van der Waals surface area (Å²) in [6.07, 6.45) is -6.34. The first-order valence-corrected chi connectivity index (χ1v) is 22.0. The monoisotopic (exact) mass is 1050 g/mol. The molecule has 0 amide bonds. The molecule has 23 heteroatoms. The minimum Gasteiger partial charge on any atom is -0.508 e. The van der Waals surface area contributed by atoms with Crippen LogP contribution >= 0.6 is 7.26 Å². The van der Waals surface area contributed by atoms with Crippen molar-refractivity contribution in [1.82, 2.24) is 0 Å². The zero-order valence-corrected chi connectivity index (χ0v) is 36.1. The summed E-state index contributed by atoms with van der Waals surface area (Å²) in [5.41, 5.74) is -13.2. The highest BCUT2D eigenvalue weighted by molar-refractivity contribution is 7.95. The van der Waals surface area contributed by atoms with Gasteiger partial charge in [0.15, 0.2) is 69.8 Å². The van der Waals surface area contributed by atoms with Crippen LogP contribution in [0.1, 0.15) is 5.56 Å². The molecule has 0 aliphatic rings. The van der Waals surface area contributed by atoms with Crippen LogP contribution < -0.4 is 37.8 Å². The maximum absolute atomic E-state index is 15.4. The normalized spacial score (nSPS) is 11.7. The predicted molar refractivity (Wildman–Crippen MR) is 226 cm³/mol. The fraction of sp³-hybridized carbons (Fsp3) is 0.0204. The highest BCUT2D eigenvalue weighted by atomic mass is 31.2. The average molecular weight is 1050 g/mol. The summed E-state index contributed by atoms with van der Waals surface area (Å²) < 4.78 is 294. The van der Waals surface area contributed by atoms with Gasteiger partial charge in [0.1, 0.15) is 81.6 Å². The van der Waals surface area contributed by atoms with Crippen molar-refractivity contribution in [3.63, 3.8) is 0 Å². The standard InChI is InChI=1S/C25H21OP.C24BF20/c26-22-12-10-11-21(19-22)20-27(23-13-4-1-5-14-23,24-15-6-2-7-16-24)25-17-8-3-9-18-25;26-5-1(6(27)14(35)21(42)13(5)34)25(2-7(28)15(36)22(43)16(37)8(2)29,3-9(30)17(38)23(44)18(39)10(3)31)4-11(32)19(40)24(45)20(41)12(4)33/h1-19H,20H2;/q;-1/p+1. The van der Waals surface area contributed by atoms with E-state index in [1.165, 1.54) is 15.9 Å². The lowest BCUT2D eigenvalue weighted by atomic mass is 9.12. The smallest absolute Gasteiger partial charge is 0.200 e. The number of rotatable bonds is 9.